The van der Waals surface area contributed by atoms with Crippen LogP contribution in [0.5, 0.6) is 5.75 Å². The Morgan fingerprint density at radius 2 is 1.88 bits per heavy atom. The van der Waals surface area contributed by atoms with Crippen molar-refractivity contribution in [2.24, 2.45) is 0 Å². The van der Waals surface area contributed by atoms with E-state index in [0.717, 1.165) is 0 Å². The van der Waals surface area contributed by atoms with Crippen LogP contribution in [0.15, 0.2) is 41.3 Å². The van der Waals surface area contributed by atoms with Gasteiger partial charge in [-0.05, 0) is 23.8 Å². The van der Waals surface area contributed by atoms with Crippen molar-refractivity contribution in [3.63, 3.8) is 0 Å². The number of rotatable bonds is 8. The Morgan fingerprint density at radius 3 is 2.56 bits per heavy atom. The van der Waals surface area contributed by atoms with Gasteiger partial charge in [0.25, 0.3) is 0 Å². The molecule has 0 aliphatic carbocycles. The van der Waals surface area contributed by atoms with E-state index in [1.807, 2.05) is 0 Å². The lowest BCUT2D eigenvalue weighted by Gasteiger charge is -2.11. The van der Waals surface area contributed by atoms with Gasteiger partial charge in [0.05, 0.1) is 12.1 Å². The van der Waals surface area contributed by atoms with Crippen LogP contribution in [-0.2, 0) is 15.8 Å². The minimum absolute atomic E-state index is 0.0426. The van der Waals surface area contributed by atoms with E-state index in [4.69, 9.17) is 27.9 Å². The fraction of sp³-hybridized carbons (Fsp3) is 0.250. The van der Waals surface area contributed by atoms with Gasteiger partial charge >= 0.3 is 0 Å². The number of hydrogen-bond acceptors (Lipinski definition) is 4. The van der Waals surface area contributed by atoms with Crippen LogP contribution in [0.25, 0.3) is 0 Å². The smallest absolute Gasteiger partial charge is 0.242 e. The molecule has 0 heterocycles. The summed E-state index contributed by atoms with van der Waals surface area (Å²) in [6.07, 6.45) is 0. The molecule has 0 amide bonds. The summed E-state index contributed by atoms with van der Waals surface area (Å²) < 4.78 is 45.6. The van der Waals surface area contributed by atoms with Crippen LogP contribution in [0.3, 0.4) is 0 Å². The summed E-state index contributed by atoms with van der Waals surface area (Å²) in [5.41, 5.74) is 0.584. The number of thioether (sulfide) groups is 1. The number of ether oxygens (including phenoxy) is 1. The Balaban J connectivity index is 1.92. The van der Waals surface area contributed by atoms with Gasteiger partial charge in [0.2, 0.25) is 10.0 Å². The highest BCUT2D eigenvalue weighted by Crippen LogP contribution is 2.36. The largest absolute Gasteiger partial charge is 0.495 e. The first kappa shape index (κ1) is 20.3. The Kier molecular flexibility index (Phi) is 7.39. The molecule has 2 aromatic rings. The number of methoxy groups -OCH3 is 1. The van der Waals surface area contributed by atoms with Gasteiger partial charge in [0.15, 0.2) is 0 Å². The zero-order valence-electron chi connectivity index (χ0n) is 13.3. The molecule has 25 heavy (non-hydrogen) atoms. The molecule has 0 atom stereocenters. The average Bonchev–Trinajstić information content (AvgIpc) is 2.58. The summed E-state index contributed by atoms with van der Waals surface area (Å²) in [5.74, 6) is 0.972. The number of halogens is 3. The molecule has 2 aromatic carbocycles. The van der Waals surface area contributed by atoms with E-state index in [1.165, 1.54) is 37.1 Å². The van der Waals surface area contributed by atoms with Crippen LogP contribution in [0.1, 0.15) is 5.56 Å². The first-order valence-corrected chi connectivity index (χ1v) is 10.6. The molecule has 1 N–H and O–H groups in total. The second-order valence-electron chi connectivity index (χ2n) is 4.94. The van der Waals surface area contributed by atoms with E-state index in [2.05, 4.69) is 4.72 Å². The summed E-state index contributed by atoms with van der Waals surface area (Å²) in [7, 11) is -2.39. The van der Waals surface area contributed by atoms with Crippen molar-refractivity contribution < 1.29 is 17.5 Å². The lowest BCUT2D eigenvalue weighted by Crippen LogP contribution is -2.26. The molecule has 0 fully saturated rings. The SMILES string of the molecule is COc1ccc(S(=O)(=O)NCCSCc2ccccc2F)c(Cl)c1Cl. The quantitative estimate of drug-likeness (QED) is 0.641. The van der Waals surface area contributed by atoms with Crippen LogP contribution in [0.4, 0.5) is 4.39 Å². The van der Waals surface area contributed by atoms with Gasteiger partial charge in [0, 0.05) is 18.1 Å². The molecule has 0 spiro atoms. The second-order valence-corrected chi connectivity index (χ2v) is 8.53. The Morgan fingerprint density at radius 1 is 1.16 bits per heavy atom. The van der Waals surface area contributed by atoms with Crippen molar-refractivity contribution in [1.29, 1.82) is 0 Å². The van der Waals surface area contributed by atoms with Gasteiger partial charge in [-0.25, -0.2) is 17.5 Å². The van der Waals surface area contributed by atoms with Crippen LogP contribution in [0, 0.1) is 5.82 Å². The van der Waals surface area contributed by atoms with E-state index in [9.17, 15) is 12.8 Å². The third kappa shape index (κ3) is 5.24. The molecule has 0 bridgehead atoms. The molecule has 0 unspecified atom stereocenters. The van der Waals surface area contributed by atoms with Gasteiger partial charge in [-0.1, -0.05) is 41.4 Å². The highest BCUT2D eigenvalue weighted by Gasteiger charge is 2.21. The molecular formula is C16H16Cl2FNO3S2. The normalized spacial score (nSPS) is 11.5. The fourth-order valence-corrected chi connectivity index (χ4v) is 4.85. The van der Waals surface area contributed by atoms with Gasteiger partial charge in [-0.3, -0.25) is 0 Å². The summed E-state index contributed by atoms with van der Waals surface area (Å²) >= 11 is 13.4. The van der Waals surface area contributed by atoms with Crippen LogP contribution >= 0.6 is 35.0 Å². The molecule has 0 radical (unpaired) electrons. The number of benzene rings is 2. The zero-order chi connectivity index (χ0) is 18.4. The van der Waals surface area contributed by atoms with Crippen molar-refractivity contribution in [2.45, 2.75) is 10.6 Å². The van der Waals surface area contributed by atoms with Gasteiger partial charge < -0.3 is 4.74 Å². The predicted molar refractivity (Wildman–Crippen MR) is 101 cm³/mol. The Hall–Kier alpha value is -0.990. The van der Waals surface area contributed by atoms with E-state index in [1.54, 1.807) is 18.2 Å². The summed E-state index contributed by atoms with van der Waals surface area (Å²) in [4.78, 5) is -0.112. The summed E-state index contributed by atoms with van der Waals surface area (Å²) in [5, 5.41) is -0.0477. The molecule has 0 aromatic heterocycles. The number of nitrogens with one attached hydrogen (secondary N) is 1. The standard InChI is InChI=1S/C16H16Cl2FNO3S2/c1-23-13-6-7-14(16(18)15(13)17)25(21,22)20-8-9-24-10-11-4-2-3-5-12(11)19/h2-7,20H,8-10H2,1H3. The highest BCUT2D eigenvalue weighted by molar-refractivity contribution is 7.98. The second kappa shape index (κ2) is 9.09. The van der Waals surface area contributed by atoms with Crippen LogP contribution < -0.4 is 9.46 Å². The van der Waals surface area contributed by atoms with Crippen LogP contribution in [-0.4, -0.2) is 27.8 Å². The monoisotopic (exact) mass is 423 g/mol. The van der Waals surface area contributed by atoms with Crippen LogP contribution in [0.2, 0.25) is 10.0 Å². The lowest BCUT2D eigenvalue weighted by atomic mass is 10.2. The maximum atomic E-state index is 13.5. The van der Waals surface area contributed by atoms with Crippen molar-refractivity contribution in [3.05, 3.63) is 57.8 Å². The molecule has 0 saturated carbocycles. The fourth-order valence-electron chi connectivity index (χ4n) is 2.00. The minimum Gasteiger partial charge on any atom is -0.495 e. The third-order valence-electron chi connectivity index (χ3n) is 3.27. The van der Waals surface area contributed by atoms with Crippen molar-refractivity contribution in [2.75, 3.05) is 19.4 Å². The molecule has 0 aliphatic heterocycles. The van der Waals surface area contributed by atoms with Crippen molar-refractivity contribution >= 4 is 45.0 Å². The van der Waals surface area contributed by atoms with Gasteiger partial charge in [0.1, 0.15) is 21.5 Å². The average molecular weight is 424 g/mol. The zero-order valence-corrected chi connectivity index (χ0v) is 16.4. The minimum atomic E-state index is -3.80. The number of sulfonamides is 1. The first-order valence-electron chi connectivity index (χ1n) is 7.19. The lowest BCUT2D eigenvalue weighted by molar-refractivity contribution is 0.414. The molecule has 0 saturated heterocycles. The summed E-state index contributed by atoms with van der Waals surface area (Å²) in [6, 6.07) is 9.26. The van der Waals surface area contributed by atoms with E-state index < -0.39 is 10.0 Å². The molecule has 136 valence electrons. The maximum absolute atomic E-state index is 13.5. The van der Waals surface area contributed by atoms with E-state index in [-0.39, 0.29) is 27.3 Å². The molecule has 2 rings (SSSR count). The van der Waals surface area contributed by atoms with Gasteiger partial charge in [-0.2, -0.15) is 11.8 Å². The van der Waals surface area contributed by atoms with Crippen molar-refractivity contribution in [1.82, 2.24) is 4.72 Å². The topological polar surface area (TPSA) is 55.4 Å². The predicted octanol–water partition coefficient (Wildman–Crippen LogP) is 4.35. The van der Waals surface area contributed by atoms with E-state index >= 15 is 0 Å². The van der Waals surface area contributed by atoms with Gasteiger partial charge in [-0.15, -0.1) is 0 Å². The Labute approximate surface area is 160 Å². The Bertz CT molecular complexity index is 847. The third-order valence-corrected chi connectivity index (χ3v) is 6.76. The molecule has 9 heteroatoms. The highest BCUT2D eigenvalue weighted by atomic mass is 35.5. The summed E-state index contributed by atoms with van der Waals surface area (Å²) in [6.45, 7) is 0.182. The van der Waals surface area contributed by atoms with Crippen molar-refractivity contribution in [3.8, 4) is 5.75 Å². The number of hydrogen-bond donors (Lipinski definition) is 1. The molecular weight excluding hydrogens is 408 g/mol. The maximum Gasteiger partial charge on any atom is 0.242 e. The molecule has 0 aliphatic rings. The first-order chi connectivity index (χ1) is 11.9. The van der Waals surface area contributed by atoms with E-state index in [0.29, 0.717) is 22.8 Å². The molecule has 4 nitrogen and oxygen atoms in total.